The summed E-state index contributed by atoms with van der Waals surface area (Å²) in [6.07, 6.45) is 6.32. The quantitative estimate of drug-likeness (QED) is 0.807. The third-order valence-corrected chi connectivity index (χ3v) is 4.03. The molecule has 1 aliphatic carbocycles. The molecule has 0 unspecified atom stereocenters. The van der Waals surface area contributed by atoms with Gasteiger partial charge in [0.05, 0.1) is 0 Å². The first kappa shape index (κ1) is 11.7. The molecule has 1 nitrogen and oxygen atoms in total. The van der Waals surface area contributed by atoms with Crippen LogP contribution in [0.2, 0.25) is 0 Å². The number of benzene rings is 1. The van der Waals surface area contributed by atoms with Crippen molar-refractivity contribution in [2.75, 3.05) is 0 Å². The van der Waals surface area contributed by atoms with Crippen molar-refractivity contribution in [1.82, 2.24) is 0 Å². The van der Waals surface area contributed by atoms with E-state index in [1.807, 2.05) is 0 Å². The van der Waals surface area contributed by atoms with Crippen molar-refractivity contribution in [1.29, 1.82) is 0 Å². The third kappa shape index (κ3) is 2.65. The molecule has 2 rings (SSSR count). The first-order valence-electron chi connectivity index (χ1n) is 6.47. The van der Waals surface area contributed by atoms with E-state index in [-0.39, 0.29) is 0 Å². The van der Waals surface area contributed by atoms with E-state index in [1.54, 1.807) is 5.56 Å². The average Bonchev–Trinajstić information content (AvgIpc) is 2.26. The van der Waals surface area contributed by atoms with E-state index in [0.29, 0.717) is 6.04 Å². The maximum atomic E-state index is 5.95. The zero-order chi connectivity index (χ0) is 11.5. The van der Waals surface area contributed by atoms with Crippen molar-refractivity contribution >= 4 is 0 Å². The molecule has 0 bridgehead atoms. The van der Waals surface area contributed by atoms with Gasteiger partial charge in [-0.25, -0.2) is 0 Å². The van der Waals surface area contributed by atoms with Crippen LogP contribution in [0, 0.1) is 19.8 Å². The number of nitrogens with two attached hydrogens (primary N) is 1. The number of aryl methyl sites for hydroxylation is 2. The molecule has 16 heavy (non-hydrogen) atoms. The van der Waals surface area contributed by atoms with Crippen LogP contribution in [0.5, 0.6) is 0 Å². The Morgan fingerprint density at radius 1 is 1.06 bits per heavy atom. The maximum Gasteiger partial charge on any atom is 0.00390 e. The molecule has 1 saturated carbocycles. The van der Waals surface area contributed by atoms with Gasteiger partial charge in [-0.1, -0.05) is 18.2 Å². The highest BCUT2D eigenvalue weighted by molar-refractivity contribution is 5.33. The van der Waals surface area contributed by atoms with E-state index in [1.165, 1.54) is 43.2 Å². The smallest absolute Gasteiger partial charge is 0.00390 e. The molecular formula is C15H23N. The molecular weight excluding hydrogens is 194 g/mol. The van der Waals surface area contributed by atoms with Crippen LogP contribution in [0.3, 0.4) is 0 Å². The molecule has 0 radical (unpaired) electrons. The SMILES string of the molecule is Cc1cccc(C)c1CC1CCC(N)CC1. The average molecular weight is 217 g/mol. The topological polar surface area (TPSA) is 26.0 Å². The summed E-state index contributed by atoms with van der Waals surface area (Å²) in [7, 11) is 0. The summed E-state index contributed by atoms with van der Waals surface area (Å²) in [5.41, 5.74) is 10.4. The van der Waals surface area contributed by atoms with Gasteiger partial charge in [0.25, 0.3) is 0 Å². The number of rotatable bonds is 2. The zero-order valence-electron chi connectivity index (χ0n) is 10.5. The van der Waals surface area contributed by atoms with Crippen LogP contribution in [-0.2, 0) is 6.42 Å². The van der Waals surface area contributed by atoms with Crippen molar-refractivity contribution in [3.05, 3.63) is 34.9 Å². The summed E-state index contributed by atoms with van der Waals surface area (Å²) in [6, 6.07) is 7.09. The van der Waals surface area contributed by atoms with Crippen molar-refractivity contribution in [3.8, 4) is 0 Å². The molecule has 2 N–H and O–H groups in total. The molecule has 1 heteroatoms. The second-order valence-electron chi connectivity index (χ2n) is 5.36. The monoisotopic (exact) mass is 217 g/mol. The fourth-order valence-electron chi connectivity index (χ4n) is 2.85. The Bertz CT molecular complexity index is 328. The molecule has 1 aromatic carbocycles. The summed E-state index contributed by atoms with van der Waals surface area (Å²) < 4.78 is 0. The molecule has 0 saturated heterocycles. The van der Waals surface area contributed by atoms with Gasteiger partial charge in [0.2, 0.25) is 0 Å². The second kappa shape index (κ2) is 5.01. The van der Waals surface area contributed by atoms with Crippen LogP contribution >= 0.6 is 0 Å². The predicted octanol–water partition coefficient (Wildman–Crippen LogP) is 3.36. The van der Waals surface area contributed by atoms with Crippen LogP contribution in [-0.4, -0.2) is 6.04 Å². The lowest BCUT2D eigenvalue weighted by molar-refractivity contribution is 0.324. The van der Waals surface area contributed by atoms with Gasteiger partial charge >= 0.3 is 0 Å². The van der Waals surface area contributed by atoms with Crippen LogP contribution in [0.25, 0.3) is 0 Å². The molecule has 1 fully saturated rings. The zero-order valence-corrected chi connectivity index (χ0v) is 10.5. The Morgan fingerprint density at radius 3 is 2.19 bits per heavy atom. The van der Waals surface area contributed by atoms with E-state index in [4.69, 9.17) is 5.73 Å². The van der Waals surface area contributed by atoms with Gasteiger partial charge in [-0.15, -0.1) is 0 Å². The van der Waals surface area contributed by atoms with E-state index in [9.17, 15) is 0 Å². The number of hydrogen-bond acceptors (Lipinski definition) is 1. The molecule has 0 spiro atoms. The van der Waals surface area contributed by atoms with Gasteiger partial charge in [0.15, 0.2) is 0 Å². The lowest BCUT2D eigenvalue weighted by atomic mass is 9.81. The fraction of sp³-hybridized carbons (Fsp3) is 0.600. The van der Waals surface area contributed by atoms with Crippen molar-refractivity contribution in [2.24, 2.45) is 11.7 Å². The minimum atomic E-state index is 0.467. The lowest BCUT2D eigenvalue weighted by Gasteiger charge is -2.27. The van der Waals surface area contributed by atoms with Crippen LogP contribution in [0.4, 0.5) is 0 Å². The molecule has 0 amide bonds. The highest BCUT2D eigenvalue weighted by Gasteiger charge is 2.19. The predicted molar refractivity (Wildman–Crippen MR) is 69.6 cm³/mol. The Hall–Kier alpha value is -0.820. The Kier molecular flexibility index (Phi) is 3.65. The van der Waals surface area contributed by atoms with E-state index >= 15 is 0 Å². The summed E-state index contributed by atoms with van der Waals surface area (Å²) in [5.74, 6) is 0.861. The molecule has 0 aliphatic heterocycles. The normalized spacial score (nSPS) is 25.7. The molecule has 0 heterocycles. The first-order chi connectivity index (χ1) is 7.66. The largest absolute Gasteiger partial charge is 0.328 e. The van der Waals surface area contributed by atoms with Gasteiger partial charge in [-0.2, -0.15) is 0 Å². The Balaban J connectivity index is 2.04. The molecule has 88 valence electrons. The van der Waals surface area contributed by atoms with E-state index < -0.39 is 0 Å². The minimum Gasteiger partial charge on any atom is -0.328 e. The maximum absolute atomic E-state index is 5.95. The fourth-order valence-corrected chi connectivity index (χ4v) is 2.85. The lowest BCUT2D eigenvalue weighted by Crippen LogP contribution is -2.27. The second-order valence-corrected chi connectivity index (χ2v) is 5.36. The van der Waals surface area contributed by atoms with Crippen molar-refractivity contribution in [3.63, 3.8) is 0 Å². The summed E-state index contributed by atoms with van der Waals surface area (Å²) >= 11 is 0. The van der Waals surface area contributed by atoms with Crippen LogP contribution in [0.1, 0.15) is 42.4 Å². The minimum absolute atomic E-state index is 0.467. The molecule has 1 aliphatic rings. The third-order valence-electron chi connectivity index (χ3n) is 4.03. The molecule has 1 aromatic rings. The van der Waals surface area contributed by atoms with Gasteiger partial charge < -0.3 is 5.73 Å². The summed E-state index contributed by atoms with van der Waals surface area (Å²) in [5, 5.41) is 0. The Labute approximate surface area is 99.0 Å². The van der Waals surface area contributed by atoms with Gasteiger partial charge in [0.1, 0.15) is 0 Å². The number of hydrogen-bond donors (Lipinski definition) is 1. The van der Waals surface area contributed by atoms with Crippen LogP contribution < -0.4 is 5.73 Å². The standard InChI is InChI=1S/C15H23N/c1-11-4-3-5-12(2)15(11)10-13-6-8-14(16)9-7-13/h3-5,13-14H,6-10,16H2,1-2H3. The van der Waals surface area contributed by atoms with Gasteiger partial charge in [-0.3, -0.25) is 0 Å². The molecule has 0 atom stereocenters. The summed E-state index contributed by atoms with van der Waals surface area (Å²) in [4.78, 5) is 0. The Morgan fingerprint density at radius 2 is 1.62 bits per heavy atom. The van der Waals surface area contributed by atoms with Crippen molar-refractivity contribution in [2.45, 2.75) is 52.0 Å². The van der Waals surface area contributed by atoms with Gasteiger partial charge in [-0.05, 0) is 68.6 Å². The van der Waals surface area contributed by atoms with Crippen molar-refractivity contribution < 1.29 is 0 Å². The summed E-state index contributed by atoms with van der Waals surface area (Å²) in [6.45, 7) is 4.47. The highest BCUT2D eigenvalue weighted by Crippen LogP contribution is 2.28. The molecule has 0 aromatic heterocycles. The van der Waals surface area contributed by atoms with Crippen LogP contribution in [0.15, 0.2) is 18.2 Å². The van der Waals surface area contributed by atoms with E-state index in [0.717, 1.165) is 5.92 Å². The first-order valence-corrected chi connectivity index (χ1v) is 6.47. The highest BCUT2D eigenvalue weighted by atomic mass is 14.6. The van der Waals surface area contributed by atoms with Gasteiger partial charge in [0, 0.05) is 6.04 Å². The van der Waals surface area contributed by atoms with E-state index in [2.05, 4.69) is 32.0 Å².